The fraction of sp³-hybridized carbons (Fsp3) is 0.455. The second-order valence-corrected chi connectivity index (χ2v) is 6.41. The van der Waals surface area contributed by atoms with Gasteiger partial charge in [0.25, 0.3) is 0 Å². The molecular weight excluding hydrogens is 280 g/mol. The summed E-state index contributed by atoms with van der Waals surface area (Å²) < 4.78 is 6.09. The Labute approximate surface area is 141 Å². The molecule has 0 aliphatic carbocycles. The first-order chi connectivity index (χ1) is 11.3. The van der Waals surface area contributed by atoms with Gasteiger partial charge in [0, 0.05) is 0 Å². The van der Waals surface area contributed by atoms with Crippen molar-refractivity contribution in [3.8, 4) is 11.5 Å². The van der Waals surface area contributed by atoms with E-state index in [9.17, 15) is 0 Å². The van der Waals surface area contributed by atoms with Crippen LogP contribution in [0, 0.1) is 0 Å². The van der Waals surface area contributed by atoms with E-state index in [1.54, 1.807) is 0 Å². The van der Waals surface area contributed by atoms with Gasteiger partial charge in [0.1, 0.15) is 11.5 Å². The van der Waals surface area contributed by atoms with Crippen LogP contribution in [0.4, 0.5) is 0 Å². The van der Waals surface area contributed by atoms with Crippen molar-refractivity contribution in [2.45, 2.75) is 64.7 Å². The van der Waals surface area contributed by atoms with Gasteiger partial charge in [0.05, 0.1) is 0 Å². The molecule has 0 bridgehead atoms. The maximum atomic E-state index is 6.09. The normalized spacial score (nSPS) is 12.1. The summed E-state index contributed by atoms with van der Waals surface area (Å²) in [5, 5.41) is 0. The minimum atomic E-state index is 0.543. The van der Waals surface area contributed by atoms with Crippen LogP contribution in [0.2, 0.25) is 0 Å². The molecule has 0 aromatic heterocycles. The Morgan fingerprint density at radius 1 is 0.783 bits per heavy atom. The van der Waals surface area contributed by atoms with Gasteiger partial charge in [-0.1, -0.05) is 88.8 Å². The van der Waals surface area contributed by atoms with Gasteiger partial charge in [0.2, 0.25) is 0 Å². The van der Waals surface area contributed by atoms with Crippen LogP contribution in [-0.4, -0.2) is 0 Å². The Kier molecular flexibility index (Phi) is 7.72. The molecule has 1 atom stereocenters. The van der Waals surface area contributed by atoms with Gasteiger partial charge in [-0.25, -0.2) is 0 Å². The lowest BCUT2D eigenvalue weighted by Gasteiger charge is -2.17. The lowest BCUT2D eigenvalue weighted by atomic mass is 9.94. The van der Waals surface area contributed by atoms with Crippen LogP contribution >= 0.6 is 0 Å². The van der Waals surface area contributed by atoms with Crippen LogP contribution in [0.5, 0.6) is 11.5 Å². The Hall–Kier alpha value is -1.76. The molecule has 0 amide bonds. The number of rotatable bonds is 10. The third kappa shape index (κ3) is 6.09. The highest BCUT2D eigenvalue weighted by molar-refractivity contribution is 5.39. The molecule has 1 heteroatoms. The van der Waals surface area contributed by atoms with E-state index in [0.717, 1.165) is 11.5 Å². The summed E-state index contributed by atoms with van der Waals surface area (Å²) in [5.41, 5.74) is 1.32. The smallest absolute Gasteiger partial charge is 0.130 e. The number of benzene rings is 2. The molecule has 1 unspecified atom stereocenters. The maximum Gasteiger partial charge on any atom is 0.130 e. The summed E-state index contributed by atoms with van der Waals surface area (Å²) >= 11 is 0. The maximum absolute atomic E-state index is 6.09. The van der Waals surface area contributed by atoms with E-state index in [1.165, 1.54) is 50.5 Å². The van der Waals surface area contributed by atoms with Crippen LogP contribution < -0.4 is 4.74 Å². The van der Waals surface area contributed by atoms with Gasteiger partial charge in [-0.05, 0) is 36.1 Å². The highest BCUT2D eigenvalue weighted by atomic mass is 16.5. The van der Waals surface area contributed by atoms with Crippen molar-refractivity contribution in [1.29, 1.82) is 0 Å². The topological polar surface area (TPSA) is 9.23 Å². The van der Waals surface area contributed by atoms with Gasteiger partial charge in [0.15, 0.2) is 0 Å². The fourth-order valence-electron chi connectivity index (χ4n) is 2.98. The van der Waals surface area contributed by atoms with E-state index in [-0.39, 0.29) is 0 Å². The van der Waals surface area contributed by atoms with Gasteiger partial charge < -0.3 is 4.74 Å². The first kappa shape index (κ1) is 17.6. The molecular formula is C22H30O. The van der Waals surface area contributed by atoms with E-state index < -0.39 is 0 Å². The average Bonchev–Trinajstić information content (AvgIpc) is 2.59. The van der Waals surface area contributed by atoms with Crippen LogP contribution in [0.15, 0.2) is 54.6 Å². The minimum absolute atomic E-state index is 0.543. The predicted octanol–water partition coefficient (Wildman–Crippen LogP) is 7.33. The van der Waals surface area contributed by atoms with E-state index in [0.29, 0.717) is 5.92 Å². The second kappa shape index (κ2) is 10.1. The summed E-state index contributed by atoms with van der Waals surface area (Å²) in [6.45, 7) is 4.59. The van der Waals surface area contributed by atoms with Gasteiger partial charge in [-0.15, -0.1) is 0 Å². The van der Waals surface area contributed by atoms with Gasteiger partial charge >= 0.3 is 0 Å². The largest absolute Gasteiger partial charge is 0.457 e. The second-order valence-electron chi connectivity index (χ2n) is 6.41. The molecule has 0 saturated carbocycles. The number of para-hydroxylation sites is 2. The molecule has 124 valence electrons. The summed E-state index contributed by atoms with van der Waals surface area (Å²) in [5.74, 6) is 2.45. The fourth-order valence-corrected chi connectivity index (χ4v) is 2.98. The van der Waals surface area contributed by atoms with Crippen LogP contribution in [0.25, 0.3) is 0 Å². The van der Waals surface area contributed by atoms with Crippen molar-refractivity contribution in [3.05, 3.63) is 60.2 Å². The van der Waals surface area contributed by atoms with Crippen molar-refractivity contribution >= 4 is 0 Å². The van der Waals surface area contributed by atoms with Crippen molar-refractivity contribution in [2.75, 3.05) is 0 Å². The van der Waals surface area contributed by atoms with Crippen molar-refractivity contribution < 1.29 is 4.74 Å². The minimum Gasteiger partial charge on any atom is -0.457 e. The van der Waals surface area contributed by atoms with E-state index in [2.05, 4.69) is 38.1 Å². The Bertz CT molecular complexity index is 547. The Balaban J connectivity index is 1.88. The molecule has 0 N–H and O–H groups in total. The predicted molar refractivity (Wildman–Crippen MR) is 99.4 cm³/mol. The van der Waals surface area contributed by atoms with Gasteiger partial charge in [-0.2, -0.15) is 0 Å². The first-order valence-corrected chi connectivity index (χ1v) is 9.13. The molecule has 0 radical (unpaired) electrons. The van der Waals surface area contributed by atoms with Crippen LogP contribution in [-0.2, 0) is 0 Å². The molecule has 23 heavy (non-hydrogen) atoms. The number of hydrogen-bond acceptors (Lipinski definition) is 1. The summed E-state index contributed by atoms with van der Waals surface area (Å²) in [6, 6.07) is 18.5. The first-order valence-electron chi connectivity index (χ1n) is 9.13. The third-order valence-electron chi connectivity index (χ3n) is 4.41. The average molecular weight is 310 g/mol. The van der Waals surface area contributed by atoms with Crippen molar-refractivity contribution in [1.82, 2.24) is 0 Å². The van der Waals surface area contributed by atoms with Crippen molar-refractivity contribution in [3.63, 3.8) is 0 Å². The number of ether oxygens (including phenoxy) is 1. The molecule has 0 heterocycles. The van der Waals surface area contributed by atoms with Crippen molar-refractivity contribution in [2.24, 2.45) is 0 Å². The Morgan fingerprint density at radius 3 is 2.22 bits per heavy atom. The van der Waals surface area contributed by atoms with Crippen LogP contribution in [0.1, 0.15) is 70.3 Å². The van der Waals surface area contributed by atoms with E-state index in [1.807, 2.05) is 30.3 Å². The molecule has 1 nitrogen and oxygen atoms in total. The number of unbranched alkanes of at least 4 members (excludes halogenated alkanes) is 5. The lowest BCUT2D eigenvalue weighted by molar-refractivity contribution is 0.465. The summed E-state index contributed by atoms with van der Waals surface area (Å²) in [7, 11) is 0. The molecule has 2 aromatic carbocycles. The zero-order valence-electron chi connectivity index (χ0n) is 14.6. The lowest BCUT2D eigenvalue weighted by Crippen LogP contribution is -1.97. The molecule has 0 spiro atoms. The Morgan fingerprint density at radius 2 is 1.43 bits per heavy atom. The quantitative estimate of drug-likeness (QED) is 0.417. The summed E-state index contributed by atoms with van der Waals surface area (Å²) in [6.07, 6.45) is 9.36. The molecule has 0 aliphatic heterocycles. The van der Waals surface area contributed by atoms with Crippen LogP contribution in [0.3, 0.4) is 0 Å². The molecule has 2 aromatic rings. The molecule has 2 rings (SSSR count). The highest BCUT2D eigenvalue weighted by Crippen LogP contribution is 2.33. The van der Waals surface area contributed by atoms with E-state index >= 15 is 0 Å². The standard InChI is InChI=1S/C22H30O/c1-3-4-5-6-7-9-14-19(2)21-17-12-13-18-22(21)23-20-15-10-8-11-16-20/h8,10-13,15-19H,3-7,9,14H2,1-2H3. The summed E-state index contributed by atoms with van der Waals surface area (Å²) in [4.78, 5) is 0. The van der Waals surface area contributed by atoms with E-state index in [4.69, 9.17) is 4.74 Å². The zero-order valence-corrected chi connectivity index (χ0v) is 14.6. The monoisotopic (exact) mass is 310 g/mol. The molecule has 0 saturated heterocycles. The highest BCUT2D eigenvalue weighted by Gasteiger charge is 2.11. The molecule has 0 aliphatic rings. The zero-order chi connectivity index (χ0) is 16.3. The molecule has 0 fully saturated rings. The SMILES string of the molecule is CCCCCCCCC(C)c1ccccc1Oc1ccccc1. The van der Waals surface area contributed by atoms with Gasteiger partial charge in [-0.3, -0.25) is 0 Å². The number of hydrogen-bond donors (Lipinski definition) is 0. The third-order valence-corrected chi connectivity index (χ3v) is 4.41.